The van der Waals surface area contributed by atoms with Crippen molar-refractivity contribution in [3.05, 3.63) is 27.6 Å². The zero-order valence-electron chi connectivity index (χ0n) is 9.17. The lowest BCUT2D eigenvalue weighted by Gasteiger charge is -2.20. The number of carbonyl (C=O) groups excluding carboxylic acids is 1. The van der Waals surface area contributed by atoms with E-state index >= 15 is 0 Å². The van der Waals surface area contributed by atoms with E-state index in [1.807, 2.05) is 11.9 Å². The number of carbonyl (C=O) groups is 1. The van der Waals surface area contributed by atoms with Gasteiger partial charge in [0, 0.05) is 17.2 Å². The molecule has 0 aliphatic rings. The van der Waals surface area contributed by atoms with E-state index in [1.54, 1.807) is 6.07 Å². The average Bonchev–Trinajstić information content (AvgIpc) is 2.28. The third-order valence-electron chi connectivity index (χ3n) is 2.20. The number of hydrogen-bond donors (Lipinski definition) is 0. The smallest absolute Gasteiger partial charge is 0.307 e. The number of methoxy groups -OCH3 is 1. The lowest BCUT2D eigenvalue weighted by Crippen LogP contribution is -2.22. The van der Waals surface area contributed by atoms with Crippen LogP contribution in [0.15, 0.2) is 18.2 Å². The van der Waals surface area contributed by atoms with E-state index < -0.39 is 0 Å². The van der Waals surface area contributed by atoms with Crippen LogP contribution < -0.4 is 4.90 Å². The van der Waals surface area contributed by atoms with E-state index in [0.29, 0.717) is 13.0 Å². The predicted octanol–water partition coefficient (Wildman–Crippen LogP) is 2.43. The van der Waals surface area contributed by atoms with Gasteiger partial charge in [-0.05, 0) is 40.8 Å². The second-order valence-electron chi connectivity index (χ2n) is 3.34. The molecule has 1 aromatic carbocycles. The Morgan fingerprint density at radius 3 is 2.88 bits per heavy atom. The van der Waals surface area contributed by atoms with Crippen LogP contribution in [0.1, 0.15) is 6.42 Å². The molecule has 0 saturated heterocycles. The summed E-state index contributed by atoms with van der Waals surface area (Å²) in [5.41, 5.74) is 0.782. The summed E-state index contributed by atoms with van der Waals surface area (Å²) in [5.74, 6) is -0.543. The van der Waals surface area contributed by atoms with Gasteiger partial charge in [0.2, 0.25) is 0 Å². The highest BCUT2D eigenvalue weighted by molar-refractivity contribution is 14.1. The van der Waals surface area contributed by atoms with Gasteiger partial charge in [-0.1, -0.05) is 0 Å². The molecule has 3 nitrogen and oxygen atoms in total. The maximum atomic E-state index is 13.1. The van der Waals surface area contributed by atoms with Gasteiger partial charge in [0.15, 0.2) is 0 Å². The van der Waals surface area contributed by atoms with Gasteiger partial charge in [0.1, 0.15) is 5.82 Å². The highest BCUT2D eigenvalue weighted by Gasteiger charge is 2.09. The van der Waals surface area contributed by atoms with E-state index in [-0.39, 0.29) is 11.8 Å². The molecule has 5 heteroatoms. The van der Waals surface area contributed by atoms with Crippen LogP contribution in [0, 0.1) is 9.39 Å². The van der Waals surface area contributed by atoms with Crippen LogP contribution in [0.2, 0.25) is 0 Å². The topological polar surface area (TPSA) is 29.5 Å². The predicted molar refractivity (Wildman–Crippen MR) is 69.0 cm³/mol. The number of hydrogen-bond acceptors (Lipinski definition) is 3. The van der Waals surface area contributed by atoms with Gasteiger partial charge in [-0.25, -0.2) is 4.39 Å². The molecule has 0 heterocycles. The Hall–Kier alpha value is -0.850. The van der Waals surface area contributed by atoms with Gasteiger partial charge < -0.3 is 9.64 Å². The van der Waals surface area contributed by atoms with Crippen LogP contribution in [-0.2, 0) is 9.53 Å². The van der Waals surface area contributed by atoms with E-state index in [9.17, 15) is 9.18 Å². The standard InChI is InChI=1S/C11H13FINO2/c1-14(6-5-11(15)16-2)10-7-8(12)3-4-9(10)13/h3-4,7H,5-6H2,1-2H3. The van der Waals surface area contributed by atoms with E-state index in [1.165, 1.54) is 19.2 Å². The monoisotopic (exact) mass is 337 g/mol. The molecule has 0 aromatic heterocycles. The van der Waals surface area contributed by atoms with Crippen molar-refractivity contribution in [2.75, 3.05) is 25.6 Å². The summed E-state index contributed by atoms with van der Waals surface area (Å²) in [6.07, 6.45) is 0.291. The molecule has 0 aliphatic carbocycles. The second-order valence-corrected chi connectivity index (χ2v) is 4.51. The van der Waals surface area contributed by atoms with Crippen molar-refractivity contribution in [3.63, 3.8) is 0 Å². The fraction of sp³-hybridized carbons (Fsp3) is 0.364. The molecular weight excluding hydrogens is 324 g/mol. The summed E-state index contributed by atoms with van der Waals surface area (Å²) >= 11 is 2.13. The number of ether oxygens (including phenoxy) is 1. The molecule has 16 heavy (non-hydrogen) atoms. The highest BCUT2D eigenvalue weighted by Crippen LogP contribution is 2.22. The Morgan fingerprint density at radius 1 is 1.56 bits per heavy atom. The maximum absolute atomic E-state index is 13.1. The molecular formula is C11H13FINO2. The minimum Gasteiger partial charge on any atom is -0.469 e. The number of nitrogens with zero attached hydrogens (tertiary/aromatic N) is 1. The zero-order valence-corrected chi connectivity index (χ0v) is 11.3. The second kappa shape index (κ2) is 6.03. The van der Waals surface area contributed by atoms with Gasteiger partial charge in [0.25, 0.3) is 0 Å². The van der Waals surface area contributed by atoms with Crippen molar-refractivity contribution in [1.82, 2.24) is 0 Å². The molecule has 0 unspecified atom stereocenters. The minimum atomic E-state index is -0.277. The van der Waals surface area contributed by atoms with E-state index in [0.717, 1.165) is 9.26 Å². The Labute approximate surface area is 108 Å². The van der Waals surface area contributed by atoms with Gasteiger partial charge in [-0.3, -0.25) is 4.79 Å². The van der Waals surface area contributed by atoms with Gasteiger partial charge in [0.05, 0.1) is 19.2 Å². The summed E-state index contributed by atoms with van der Waals surface area (Å²) in [4.78, 5) is 12.8. The Balaban J connectivity index is 2.68. The van der Waals surface area contributed by atoms with Gasteiger partial charge >= 0.3 is 5.97 Å². The lowest BCUT2D eigenvalue weighted by atomic mass is 10.2. The van der Waals surface area contributed by atoms with Crippen molar-refractivity contribution in [2.24, 2.45) is 0 Å². The van der Waals surface area contributed by atoms with Crippen LogP contribution in [-0.4, -0.2) is 26.7 Å². The molecule has 1 rings (SSSR count). The molecule has 0 fully saturated rings. The normalized spacial score (nSPS) is 10.0. The first kappa shape index (κ1) is 13.2. The number of halogens is 2. The van der Waals surface area contributed by atoms with Crippen molar-refractivity contribution < 1.29 is 13.9 Å². The molecule has 0 saturated carbocycles. The van der Waals surface area contributed by atoms with Crippen LogP contribution in [0.4, 0.5) is 10.1 Å². The van der Waals surface area contributed by atoms with Crippen molar-refractivity contribution in [1.29, 1.82) is 0 Å². The first-order valence-corrected chi connectivity index (χ1v) is 5.85. The summed E-state index contributed by atoms with van der Waals surface area (Å²) in [6, 6.07) is 4.58. The quantitative estimate of drug-likeness (QED) is 0.624. The number of rotatable bonds is 4. The molecule has 0 aliphatic heterocycles. The molecule has 0 radical (unpaired) electrons. The SMILES string of the molecule is COC(=O)CCN(C)c1cc(F)ccc1I. The van der Waals surface area contributed by atoms with E-state index in [2.05, 4.69) is 27.3 Å². The maximum Gasteiger partial charge on any atom is 0.307 e. The number of anilines is 1. The van der Waals surface area contributed by atoms with Crippen LogP contribution in [0.25, 0.3) is 0 Å². The molecule has 0 spiro atoms. The van der Waals surface area contributed by atoms with Crippen molar-refractivity contribution in [2.45, 2.75) is 6.42 Å². The minimum absolute atomic E-state index is 0.265. The first-order valence-electron chi connectivity index (χ1n) is 4.77. The van der Waals surface area contributed by atoms with Crippen LogP contribution in [0.5, 0.6) is 0 Å². The summed E-state index contributed by atoms with van der Waals surface area (Å²) in [7, 11) is 3.17. The van der Waals surface area contributed by atoms with Gasteiger partial charge in [-0.15, -0.1) is 0 Å². The number of benzene rings is 1. The Bertz CT molecular complexity index is 384. The first-order chi connectivity index (χ1) is 7.54. The van der Waals surface area contributed by atoms with Crippen molar-refractivity contribution >= 4 is 34.2 Å². The Kier molecular flexibility index (Phi) is 4.98. The van der Waals surface area contributed by atoms with E-state index in [4.69, 9.17) is 0 Å². The molecule has 0 N–H and O–H groups in total. The third-order valence-corrected chi connectivity index (χ3v) is 3.11. The molecule has 0 bridgehead atoms. The Morgan fingerprint density at radius 2 is 2.25 bits per heavy atom. The molecule has 0 amide bonds. The summed E-state index contributed by atoms with van der Waals surface area (Å²) in [5, 5.41) is 0. The highest BCUT2D eigenvalue weighted by atomic mass is 127. The lowest BCUT2D eigenvalue weighted by molar-refractivity contribution is -0.140. The average molecular weight is 337 g/mol. The fourth-order valence-electron chi connectivity index (χ4n) is 1.26. The largest absolute Gasteiger partial charge is 0.469 e. The zero-order chi connectivity index (χ0) is 12.1. The van der Waals surface area contributed by atoms with Crippen LogP contribution >= 0.6 is 22.6 Å². The molecule has 0 atom stereocenters. The fourth-order valence-corrected chi connectivity index (χ4v) is 2.01. The van der Waals surface area contributed by atoms with Crippen LogP contribution in [0.3, 0.4) is 0 Å². The number of esters is 1. The summed E-state index contributed by atoms with van der Waals surface area (Å²) < 4.78 is 18.6. The van der Waals surface area contributed by atoms with Crippen molar-refractivity contribution in [3.8, 4) is 0 Å². The van der Waals surface area contributed by atoms with Gasteiger partial charge in [-0.2, -0.15) is 0 Å². The molecule has 88 valence electrons. The third kappa shape index (κ3) is 3.62. The molecule has 1 aromatic rings. The summed E-state index contributed by atoms with van der Waals surface area (Å²) in [6.45, 7) is 0.506.